The molecule has 0 spiro atoms. The van der Waals surface area contributed by atoms with Gasteiger partial charge in [0, 0.05) is 24.6 Å². The molecule has 0 atom stereocenters. The van der Waals surface area contributed by atoms with E-state index in [0.29, 0.717) is 5.82 Å². The Morgan fingerprint density at radius 1 is 1.00 bits per heavy atom. The van der Waals surface area contributed by atoms with Crippen LogP contribution >= 0.6 is 0 Å². The van der Waals surface area contributed by atoms with Gasteiger partial charge in [-0.3, -0.25) is 0 Å². The molecule has 4 nitrogen and oxygen atoms in total. The van der Waals surface area contributed by atoms with Gasteiger partial charge in [0.2, 0.25) is 0 Å². The van der Waals surface area contributed by atoms with Crippen molar-refractivity contribution in [3.8, 4) is 0 Å². The highest BCUT2D eigenvalue weighted by atomic mass is 15.2. The maximum atomic E-state index is 5.95. The number of aromatic nitrogens is 2. The third-order valence-corrected chi connectivity index (χ3v) is 3.58. The highest BCUT2D eigenvalue weighted by molar-refractivity contribution is 5.47. The van der Waals surface area contributed by atoms with E-state index in [0.717, 1.165) is 24.7 Å². The minimum absolute atomic E-state index is 0.0626. The zero-order chi connectivity index (χ0) is 13.9. The molecule has 106 valence electrons. The molecule has 1 aromatic heterocycles. The third-order valence-electron chi connectivity index (χ3n) is 3.58. The van der Waals surface area contributed by atoms with Crippen molar-refractivity contribution in [1.82, 2.24) is 9.97 Å². The van der Waals surface area contributed by atoms with Gasteiger partial charge in [-0.25, -0.2) is 9.97 Å². The molecule has 0 radical (unpaired) electrons. The fraction of sp³-hybridized carbons (Fsp3) is 0.733. The van der Waals surface area contributed by atoms with Crippen LogP contribution in [0.25, 0.3) is 0 Å². The van der Waals surface area contributed by atoms with Crippen LogP contribution in [0.4, 0.5) is 11.6 Å². The van der Waals surface area contributed by atoms with Crippen LogP contribution in [0.5, 0.6) is 0 Å². The van der Waals surface area contributed by atoms with Crippen molar-refractivity contribution in [2.45, 2.75) is 58.3 Å². The predicted molar refractivity (Wildman–Crippen MR) is 80.4 cm³/mol. The van der Waals surface area contributed by atoms with E-state index >= 15 is 0 Å². The fourth-order valence-corrected chi connectivity index (χ4v) is 2.43. The average Bonchev–Trinajstić information content (AvgIpc) is 2.26. The lowest BCUT2D eigenvalue weighted by Gasteiger charge is -2.27. The van der Waals surface area contributed by atoms with Crippen molar-refractivity contribution in [3.63, 3.8) is 0 Å². The van der Waals surface area contributed by atoms with Crippen LogP contribution < -0.4 is 10.6 Å². The van der Waals surface area contributed by atoms with Crippen LogP contribution in [0, 0.1) is 0 Å². The van der Waals surface area contributed by atoms with Crippen LogP contribution in [0.15, 0.2) is 6.07 Å². The number of nitrogen functional groups attached to an aromatic ring is 1. The SMILES string of the molecule is CC(C)(C)c1nc(N)cc(N2CCCCCCC2)n1. The van der Waals surface area contributed by atoms with Gasteiger partial charge >= 0.3 is 0 Å². The van der Waals surface area contributed by atoms with E-state index < -0.39 is 0 Å². The topological polar surface area (TPSA) is 55.0 Å². The van der Waals surface area contributed by atoms with E-state index in [2.05, 4.69) is 30.7 Å². The summed E-state index contributed by atoms with van der Waals surface area (Å²) in [6, 6.07) is 1.91. The Morgan fingerprint density at radius 2 is 1.58 bits per heavy atom. The van der Waals surface area contributed by atoms with E-state index in [-0.39, 0.29) is 5.41 Å². The van der Waals surface area contributed by atoms with E-state index in [1.807, 2.05) is 6.07 Å². The summed E-state index contributed by atoms with van der Waals surface area (Å²) in [5.74, 6) is 2.42. The maximum absolute atomic E-state index is 5.95. The fourth-order valence-electron chi connectivity index (χ4n) is 2.43. The minimum atomic E-state index is -0.0626. The van der Waals surface area contributed by atoms with Gasteiger partial charge in [-0.15, -0.1) is 0 Å². The normalized spacial score (nSPS) is 17.9. The second-order valence-corrected chi connectivity index (χ2v) is 6.48. The highest BCUT2D eigenvalue weighted by Gasteiger charge is 2.20. The van der Waals surface area contributed by atoms with Crippen LogP contribution in [0.2, 0.25) is 0 Å². The van der Waals surface area contributed by atoms with E-state index in [4.69, 9.17) is 10.7 Å². The average molecular weight is 262 g/mol. The summed E-state index contributed by atoms with van der Waals surface area (Å²) >= 11 is 0. The summed E-state index contributed by atoms with van der Waals surface area (Å²) in [7, 11) is 0. The second kappa shape index (κ2) is 5.76. The van der Waals surface area contributed by atoms with Gasteiger partial charge in [-0.2, -0.15) is 0 Å². The van der Waals surface area contributed by atoms with Crippen LogP contribution in [-0.2, 0) is 5.41 Å². The molecule has 1 saturated heterocycles. The van der Waals surface area contributed by atoms with Crippen molar-refractivity contribution in [2.24, 2.45) is 0 Å². The maximum Gasteiger partial charge on any atom is 0.138 e. The molecule has 4 heteroatoms. The number of anilines is 2. The molecule has 2 rings (SSSR count). The summed E-state index contributed by atoms with van der Waals surface area (Å²) < 4.78 is 0. The number of nitrogens with zero attached hydrogens (tertiary/aromatic N) is 3. The zero-order valence-electron chi connectivity index (χ0n) is 12.4. The first-order chi connectivity index (χ1) is 8.97. The first-order valence-electron chi connectivity index (χ1n) is 7.37. The Morgan fingerprint density at radius 3 is 2.16 bits per heavy atom. The Hall–Kier alpha value is -1.32. The quantitative estimate of drug-likeness (QED) is 0.845. The van der Waals surface area contributed by atoms with Crippen molar-refractivity contribution in [3.05, 3.63) is 11.9 Å². The second-order valence-electron chi connectivity index (χ2n) is 6.48. The molecule has 19 heavy (non-hydrogen) atoms. The lowest BCUT2D eigenvalue weighted by Crippen LogP contribution is -2.29. The summed E-state index contributed by atoms with van der Waals surface area (Å²) in [6.45, 7) is 8.54. The number of nitrogens with two attached hydrogens (primary N) is 1. The molecule has 0 aliphatic carbocycles. The van der Waals surface area contributed by atoms with E-state index in [1.165, 1.54) is 32.1 Å². The van der Waals surface area contributed by atoms with Crippen LogP contribution in [0.3, 0.4) is 0 Å². The molecule has 0 amide bonds. The summed E-state index contributed by atoms with van der Waals surface area (Å²) in [4.78, 5) is 11.5. The van der Waals surface area contributed by atoms with Crippen molar-refractivity contribution in [1.29, 1.82) is 0 Å². The van der Waals surface area contributed by atoms with E-state index in [1.54, 1.807) is 0 Å². The Balaban J connectivity index is 2.24. The summed E-state index contributed by atoms with van der Waals surface area (Å²) in [6.07, 6.45) is 6.50. The molecule has 1 fully saturated rings. The molecule has 0 unspecified atom stereocenters. The molecular weight excluding hydrogens is 236 g/mol. The smallest absolute Gasteiger partial charge is 0.138 e. The molecule has 0 aromatic carbocycles. The van der Waals surface area contributed by atoms with Crippen molar-refractivity contribution < 1.29 is 0 Å². The predicted octanol–water partition coefficient (Wildman–Crippen LogP) is 3.13. The lowest BCUT2D eigenvalue weighted by atomic mass is 9.96. The van der Waals surface area contributed by atoms with Crippen molar-refractivity contribution >= 4 is 11.6 Å². The number of hydrogen-bond acceptors (Lipinski definition) is 4. The molecule has 0 saturated carbocycles. The molecule has 1 aliphatic heterocycles. The van der Waals surface area contributed by atoms with Gasteiger partial charge in [-0.1, -0.05) is 40.0 Å². The number of hydrogen-bond donors (Lipinski definition) is 1. The van der Waals surface area contributed by atoms with Gasteiger partial charge in [-0.05, 0) is 12.8 Å². The largest absolute Gasteiger partial charge is 0.384 e. The Kier molecular flexibility index (Phi) is 4.27. The Labute approximate surface area is 116 Å². The van der Waals surface area contributed by atoms with Gasteiger partial charge in [0.15, 0.2) is 0 Å². The molecule has 1 aliphatic rings. The van der Waals surface area contributed by atoms with E-state index in [9.17, 15) is 0 Å². The standard InChI is InChI=1S/C15H26N4/c1-15(2,3)14-17-12(16)11-13(18-14)19-9-7-5-4-6-8-10-19/h11H,4-10H2,1-3H3,(H2,16,17,18). The van der Waals surface area contributed by atoms with Gasteiger partial charge < -0.3 is 10.6 Å². The zero-order valence-corrected chi connectivity index (χ0v) is 12.4. The summed E-state index contributed by atoms with van der Waals surface area (Å²) in [5.41, 5.74) is 5.89. The third kappa shape index (κ3) is 3.82. The molecule has 0 bridgehead atoms. The van der Waals surface area contributed by atoms with Gasteiger partial charge in [0.05, 0.1) is 0 Å². The first kappa shape index (κ1) is 14.1. The molecular formula is C15H26N4. The van der Waals surface area contributed by atoms with Crippen LogP contribution in [-0.4, -0.2) is 23.1 Å². The molecule has 2 heterocycles. The number of rotatable bonds is 1. The lowest BCUT2D eigenvalue weighted by molar-refractivity contribution is 0.534. The van der Waals surface area contributed by atoms with Crippen LogP contribution in [0.1, 0.15) is 58.7 Å². The Bertz CT molecular complexity index is 415. The van der Waals surface area contributed by atoms with Gasteiger partial charge in [0.1, 0.15) is 17.5 Å². The monoisotopic (exact) mass is 262 g/mol. The molecule has 2 N–H and O–H groups in total. The minimum Gasteiger partial charge on any atom is -0.384 e. The van der Waals surface area contributed by atoms with Crippen molar-refractivity contribution in [2.75, 3.05) is 23.7 Å². The molecule has 1 aromatic rings. The van der Waals surface area contributed by atoms with Gasteiger partial charge in [0.25, 0.3) is 0 Å². The summed E-state index contributed by atoms with van der Waals surface area (Å²) in [5, 5.41) is 0. The first-order valence-corrected chi connectivity index (χ1v) is 7.37. The highest BCUT2D eigenvalue weighted by Crippen LogP contribution is 2.24.